The van der Waals surface area contributed by atoms with Gasteiger partial charge in [0.25, 0.3) is 0 Å². The van der Waals surface area contributed by atoms with Gasteiger partial charge in [0.1, 0.15) is 11.9 Å². The molecule has 2 aromatic heterocycles. The summed E-state index contributed by atoms with van der Waals surface area (Å²) in [4.78, 5) is 7.29. The van der Waals surface area contributed by atoms with Crippen molar-refractivity contribution in [3.05, 3.63) is 39.6 Å². The molecule has 3 N–H and O–H groups in total. The number of hydrazine groups is 1. The van der Waals surface area contributed by atoms with Crippen molar-refractivity contribution in [3.63, 3.8) is 0 Å². The molecule has 3 rings (SSSR count). The lowest BCUT2D eigenvalue weighted by Gasteiger charge is -2.15. The molecule has 1 aliphatic carbocycles. The second kappa shape index (κ2) is 5.45. The van der Waals surface area contributed by atoms with Gasteiger partial charge in [-0.25, -0.2) is 10.4 Å². The maximum Gasteiger partial charge on any atom is 0.132 e. The fourth-order valence-corrected chi connectivity index (χ4v) is 4.10. The number of hydrogen-bond donors (Lipinski definition) is 2. The van der Waals surface area contributed by atoms with Crippen molar-refractivity contribution in [1.82, 2.24) is 15.0 Å². The van der Waals surface area contributed by atoms with E-state index < -0.39 is 0 Å². The van der Waals surface area contributed by atoms with E-state index in [2.05, 4.69) is 28.0 Å². The van der Waals surface area contributed by atoms with Gasteiger partial charge in [-0.05, 0) is 44.2 Å². The molecular weight excluding hydrogens is 256 g/mol. The number of hydrogen-bond acceptors (Lipinski definition) is 4. The first kappa shape index (κ1) is 12.8. The number of thiophene rings is 1. The van der Waals surface area contributed by atoms with Crippen molar-refractivity contribution >= 4 is 11.3 Å². The summed E-state index contributed by atoms with van der Waals surface area (Å²) in [6.07, 6.45) is 8.92. The van der Waals surface area contributed by atoms with Gasteiger partial charge in [-0.3, -0.25) is 5.84 Å². The molecule has 0 aliphatic heterocycles. The van der Waals surface area contributed by atoms with Gasteiger partial charge in [-0.1, -0.05) is 0 Å². The molecule has 19 heavy (non-hydrogen) atoms. The highest BCUT2D eigenvalue weighted by Crippen LogP contribution is 2.34. The monoisotopic (exact) mass is 276 g/mol. The van der Waals surface area contributed by atoms with Crippen LogP contribution < -0.4 is 11.3 Å². The summed E-state index contributed by atoms with van der Waals surface area (Å²) in [6, 6.07) is 2.32. The van der Waals surface area contributed by atoms with Crippen molar-refractivity contribution < 1.29 is 0 Å². The first-order chi connectivity index (χ1) is 9.33. The molecule has 1 aliphatic rings. The Morgan fingerprint density at radius 3 is 3.05 bits per heavy atom. The molecule has 0 saturated heterocycles. The Hall–Kier alpha value is -1.17. The van der Waals surface area contributed by atoms with E-state index in [-0.39, 0.29) is 6.04 Å². The zero-order valence-corrected chi connectivity index (χ0v) is 12.0. The molecule has 102 valence electrons. The smallest absolute Gasteiger partial charge is 0.132 e. The standard InChI is InChI=1S/C14H20N4S/c1-2-18-8-7-16-14(18)13(17-15)12-9-10-5-3-4-6-11(10)19-12/h7-9,13,17H,2-6,15H2,1H3. The van der Waals surface area contributed by atoms with Gasteiger partial charge in [-0.2, -0.15) is 0 Å². The fraction of sp³-hybridized carbons (Fsp3) is 0.500. The van der Waals surface area contributed by atoms with Crippen LogP contribution in [0.2, 0.25) is 0 Å². The maximum atomic E-state index is 5.78. The van der Waals surface area contributed by atoms with E-state index in [9.17, 15) is 0 Å². The number of rotatable bonds is 4. The third kappa shape index (κ3) is 2.33. The van der Waals surface area contributed by atoms with Gasteiger partial charge in [0.05, 0.1) is 0 Å². The molecule has 0 spiro atoms. The lowest BCUT2D eigenvalue weighted by molar-refractivity contribution is 0.567. The van der Waals surface area contributed by atoms with Gasteiger partial charge in [0, 0.05) is 28.7 Å². The molecule has 5 heteroatoms. The minimum Gasteiger partial charge on any atom is -0.334 e. The molecule has 0 amide bonds. The number of nitrogens with one attached hydrogen (secondary N) is 1. The highest BCUT2D eigenvalue weighted by atomic mass is 32.1. The van der Waals surface area contributed by atoms with Gasteiger partial charge >= 0.3 is 0 Å². The van der Waals surface area contributed by atoms with E-state index in [4.69, 9.17) is 5.84 Å². The summed E-state index contributed by atoms with van der Waals surface area (Å²) >= 11 is 1.89. The Labute approximate surface area is 117 Å². The Morgan fingerprint density at radius 2 is 2.32 bits per heavy atom. The van der Waals surface area contributed by atoms with Crippen molar-refractivity contribution in [2.45, 2.75) is 45.2 Å². The van der Waals surface area contributed by atoms with E-state index in [1.165, 1.54) is 41.0 Å². The van der Waals surface area contributed by atoms with E-state index in [0.717, 1.165) is 12.4 Å². The van der Waals surface area contributed by atoms with Crippen molar-refractivity contribution in [1.29, 1.82) is 0 Å². The summed E-state index contributed by atoms with van der Waals surface area (Å²) < 4.78 is 2.14. The Kier molecular flexibility index (Phi) is 3.68. The summed E-state index contributed by atoms with van der Waals surface area (Å²) in [7, 11) is 0. The molecular formula is C14H20N4S. The highest BCUT2D eigenvalue weighted by molar-refractivity contribution is 7.12. The predicted molar refractivity (Wildman–Crippen MR) is 78.0 cm³/mol. The van der Waals surface area contributed by atoms with Crippen LogP contribution in [-0.4, -0.2) is 9.55 Å². The highest BCUT2D eigenvalue weighted by Gasteiger charge is 2.22. The largest absolute Gasteiger partial charge is 0.334 e. The normalized spacial score (nSPS) is 16.3. The lowest BCUT2D eigenvalue weighted by atomic mass is 9.99. The molecule has 0 bridgehead atoms. The van der Waals surface area contributed by atoms with Crippen LogP contribution in [0.25, 0.3) is 0 Å². The van der Waals surface area contributed by atoms with Crippen molar-refractivity contribution in [2.75, 3.05) is 0 Å². The number of imidazole rings is 1. The number of fused-ring (bicyclic) bond motifs is 1. The molecule has 1 atom stereocenters. The Balaban J connectivity index is 1.96. The first-order valence-electron chi connectivity index (χ1n) is 6.92. The van der Waals surface area contributed by atoms with Crippen molar-refractivity contribution in [3.8, 4) is 0 Å². The SMILES string of the molecule is CCn1ccnc1C(NN)c1cc2c(s1)CCCC2. The van der Waals surface area contributed by atoms with Crippen LogP contribution in [0.3, 0.4) is 0 Å². The van der Waals surface area contributed by atoms with E-state index >= 15 is 0 Å². The predicted octanol–water partition coefficient (Wildman–Crippen LogP) is 2.40. The zero-order valence-electron chi connectivity index (χ0n) is 11.2. The third-order valence-corrected chi connectivity index (χ3v) is 5.12. The first-order valence-corrected chi connectivity index (χ1v) is 7.73. The molecule has 0 aromatic carbocycles. The van der Waals surface area contributed by atoms with Gasteiger partial charge < -0.3 is 4.57 Å². The quantitative estimate of drug-likeness (QED) is 0.666. The van der Waals surface area contributed by atoms with Crippen LogP contribution in [0, 0.1) is 0 Å². The molecule has 4 nitrogen and oxygen atoms in total. The zero-order chi connectivity index (χ0) is 13.2. The molecule has 2 aromatic rings. The van der Waals surface area contributed by atoms with E-state index in [1.807, 2.05) is 23.7 Å². The molecule has 0 fully saturated rings. The van der Waals surface area contributed by atoms with E-state index in [0.29, 0.717) is 0 Å². The van der Waals surface area contributed by atoms with Crippen LogP contribution in [0.5, 0.6) is 0 Å². The average molecular weight is 276 g/mol. The van der Waals surface area contributed by atoms with Crippen LogP contribution in [0.4, 0.5) is 0 Å². The number of nitrogens with zero attached hydrogens (tertiary/aromatic N) is 2. The molecule has 2 heterocycles. The van der Waals surface area contributed by atoms with Crippen molar-refractivity contribution in [2.24, 2.45) is 5.84 Å². The fourth-order valence-electron chi connectivity index (χ4n) is 2.79. The van der Waals surface area contributed by atoms with Gasteiger partial charge in [0.15, 0.2) is 0 Å². The minimum atomic E-state index is 0.00514. The molecule has 0 saturated carbocycles. The van der Waals surface area contributed by atoms with Crippen LogP contribution in [-0.2, 0) is 19.4 Å². The molecule has 0 radical (unpaired) electrons. The summed E-state index contributed by atoms with van der Waals surface area (Å²) in [5.41, 5.74) is 4.45. The van der Waals surface area contributed by atoms with E-state index in [1.54, 1.807) is 0 Å². The summed E-state index contributed by atoms with van der Waals surface area (Å²) in [6.45, 7) is 3.04. The minimum absolute atomic E-state index is 0.00514. The lowest BCUT2D eigenvalue weighted by Crippen LogP contribution is -2.30. The number of nitrogens with two attached hydrogens (primary N) is 1. The maximum absolute atomic E-state index is 5.78. The Bertz CT molecular complexity index is 534. The van der Waals surface area contributed by atoms with Gasteiger partial charge in [-0.15, -0.1) is 11.3 Å². The number of aromatic nitrogens is 2. The van der Waals surface area contributed by atoms with Crippen LogP contribution in [0.15, 0.2) is 18.5 Å². The Morgan fingerprint density at radius 1 is 1.47 bits per heavy atom. The summed E-state index contributed by atoms with van der Waals surface area (Å²) in [5, 5.41) is 0. The van der Waals surface area contributed by atoms with Gasteiger partial charge in [0.2, 0.25) is 0 Å². The average Bonchev–Trinajstić information content (AvgIpc) is 3.05. The molecule has 1 unspecified atom stereocenters. The second-order valence-corrected chi connectivity index (χ2v) is 6.14. The third-order valence-electron chi connectivity index (χ3n) is 3.81. The second-order valence-electron chi connectivity index (χ2n) is 4.98. The topological polar surface area (TPSA) is 55.9 Å². The summed E-state index contributed by atoms with van der Waals surface area (Å²) in [5.74, 6) is 6.78. The van der Waals surface area contributed by atoms with Crippen LogP contribution >= 0.6 is 11.3 Å². The van der Waals surface area contributed by atoms with Crippen LogP contribution in [0.1, 0.15) is 46.9 Å². The number of aryl methyl sites for hydroxylation is 3.